The second-order valence-electron chi connectivity index (χ2n) is 4.74. The van der Waals surface area contributed by atoms with Crippen molar-refractivity contribution < 1.29 is 14.3 Å². The van der Waals surface area contributed by atoms with Crippen molar-refractivity contribution in [3.8, 4) is 11.5 Å². The summed E-state index contributed by atoms with van der Waals surface area (Å²) >= 11 is 0. The molecule has 0 fully saturated rings. The van der Waals surface area contributed by atoms with Crippen molar-refractivity contribution in [3.63, 3.8) is 0 Å². The standard InChI is InChI=1S/C15H24N2O3/c1-5-8-17-15(18)11(3)20-14-9-12(19-4)6-7-13(14)10(2)16/h6-7,9-11H,5,8,16H2,1-4H3,(H,17,18)/t10-,11?/m0/s1. The summed E-state index contributed by atoms with van der Waals surface area (Å²) < 4.78 is 10.9. The van der Waals surface area contributed by atoms with E-state index in [0.717, 1.165) is 12.0 Å². The van der Waals surface area contributed by atoms with Crippen molar-refractivity contribution in [2.75, 3.05) is 13.7 Å². The summed E-state index contributed by atoms with van der Waals surface area (Å²) in [6, 6.07) is 5.26. The molecule has 1 rings (SSSR count). The van der Waals surface area contributed by atoms with Gasteiger partial charge in [-0.3, -0.25) is 4.79 Å². The number of carbonyl (C=O) groups is 1. The van der Waals surface area contributed by atoms with E-state index in [1.54, 1.807) is 20.1 Å². The zero-order valence-corrected chi connectivity index (χ0v) is 12.6. The van der Waals surface area contributed by atoms with Crippen LogP contribution >= 0.6 is 0 Å². The number of hydrogen-bond donors (Lipinski definition) is 2. The molecular formula is C15H24N2O3. The third-order valence-corrected chi connectivity index (χ3v) is 2.93. The normalized spacial score (nSPS) is 13.4. The van der Waals surface area contributed by atoms with Crippen LogP contribution in [0.15, 0.2) is 18.2 Å². The first-order valence-corrected chi connectivity index (χ1v) is 6.87. The van der Waals surface area contributed by atoms with Crippen LogP contribution in [0.4, 0.5) is 0 Å². The fourth-order valence-corrected chi connectivity index (χ4v) is 1.76. The second kappa shape index (κ2) is 7.75. The smallest absolute Gasteiger partial charge is 0.260 e. The monoisotopic (exact) mass is 280 g/mol. The number of nitrogens with one attached hydrogen (secondary N) is 1. The van der Waals surface area contributed by atoms with Gasteiger partial charge < -0.3 is 20.5 Å². The molecule has 1 amide bonds. The number of carbonyl (C=O) groups excluding carboxylic acids is 1. The van der Waals surface area contributed by atoms with Gasteiger partial charge in [-0.25, -0.2) is 0 Å². The number of ether oxygens (including phenoxy) is 2. The Labute approximate surface area is 120 Å². The van der Waals surface area contributed by atoms with Crippen molar-refractivity contribution in [2.45, 2.75) is 39.3 Å². The predicted octanol–water partition coefficient (Wildman–Crippen LogP) is 2.01. The Bertz CT molecular complexity index is 447. The second-order valence-corrected chi connectivity index (χ2v) is 4.74. The molecular weight excluding hydrogens is 256 g/mol. The highest BCUT2D eigenvalue weighted by atomic mass is 16.5. The van der Waals surface area contributed by atoms with Crippen molar-refractivity contribution in [2.24, 2.45) is 5.73 Å². The molecule has 0 aliphatic carbocycles. The molecule has 0 aliphatic heterocycles. The van der Waals surface area contributed by atoms with E-state index in [2.05, 4.69) is 5.32 Å². The van der Waals surface area contributed by atoms with Gasteiger partial charge in [0.25, 0.3) is 5.91 Å². The van der Waals surface area contributed by atoms with Crippen molar-refractivity contribution in [1.82, 2.24) is 5.32 Å². The van der Waals surface area contributed by atoms with Gasteiger partial charge >= 0.3 is 0 Å². The molecule has 0 aromatic heterocycles. The molecule has 0 aliphatic rings. The van der Waals surface area contributed by atoms with Crippen LogP contribution in [0.5, 0.6) is 11.5 Å². The van der Waals surface area contributed by atoms with Gasteiger partial charge in [-0.1, -0.05) is 13.0 Å². The van der Waals surface area contributed by atoms with Crippen molar-refractivity contribution in [1.29, 1.82) is 0 Å². The highest BCUT2D eigenvalue weighted by Gasteiger charge is 2.17. The highest BCUT2D eigenvalue weighted by molar-refractivity contribution is 5.80. The SMILES string of the molecule is CCCNC(=O)C(C)Oc1cc(OC)ccc1[C@H](C)N. The van der Waals surface area contributed by atoms with Gasteiger partial charge in [-0.15, -0.1) is 0 Å². The van der Waals surface area contributed by atoms with Gasteiger partial charge in [-0.2, -0.15) is 0 Å². The molecule has 112 valence electrons. The van der Waals surface area contributed by atoms with E-state index in [9.17, 15) is 4.79 Å². The predicted molar refractivity (Wildman–Crippen MR) is 79.0 cm³/mol. The van der Waals surface area contributed by atoms with Gasteiger partial charge in [-0.05, 0) is 26.3 Å². The molecule has 5 heteroatoms. The van der Waals surface area contributed by atoms with Crippen molar-refractivity contribution in [3.05, 3.63) is 23.8 Å². The van der Waals surface area contributed by atoms with E-state index in [0.29, 0.717) is 18.0 Å². The molecule has 1 aromatic carbocycles. The Morgan fingerprint density at radius 1 is 1.40 bits per heavy atom. The number of nitrogens with two attached hydrogens (primary N) is 1. The number of amides is 1. The first kappa shape index (κ1) is 16.3. The Balaban J connectivity index is 2.86. The Morgan fingerprint density at radius 3 is 2.65 bits per heavy atom. The summed E-state index contributed by atoms with van der Waals surface area (Å²) in [5, 5.41) is 2.80. The third kappa shape index (κ3) is 4.42. The van der Waals surface area contributed by atoms with Crippen LogP contribution < -0.4 is 20.5 Å². The van der Waals surface area contributed by atoms with Gasteiger partial charge in [0.2, 0.25) is 0 Å². The first-order valence-electron chi connectivity index (χ1n) is 6.87. The maximum absolute atomic E-state index is 11.8. The average molecular weight is 280 g/mol. The van der Waals surface area contributed by atoms with Crippen LogP contribution in [-0.2, 0) is 4.79 Å². The summed E-state index contributed by atoms with van der Waals surface area (Å²) in [5.74, 6) is 1.12. The summed E-state index contributed by atoms with van der Waals surface area (Å²) in [6.07, 6.45) is 0.314. The first-order chi connectivity index (χ1) is 9.49. The van der Waals surface area contributed by atoms with Crippen LogP contribution in [0, 0.1) is 0 Å². The molecule has 1 aromatic rings. The minimum absolute atomic E-state index is 0.134. The topological polar surface area (TPSA) is 73.6 Å². The molecule has 0 radical (unpaired) electrons. The van der Waals surface area contributed by atoms with Crippen LogP contribution in [0.3, 0.4) is 0 Å². The van der Waals surface area contributed by atoms with E-state index >= 15 is 0 Å². The molecule has 0 saturated heterocycles. The van der Waals surface area contributed by atoms with Gasteiger partial charge in [0, 0.05) is 24.2 Å². The van der Waals surface area contributed by atoms with E-state index in [1.807, 2.05) is 26.0 Å². The number of benzene rings is 1. The molecule has 0 spiro atoms. The zero-order valence-electron chi connectivity index (χ0n) is 12.6. The molecule has 3 N–H and O–H groups in total. The fraction of sp³-hybridized carbons (Fsp3) is 0.533. The Morgan fingerprint density at radius 2 is 2.10 bits per heavy atom. The van der Waals surface area contributed by atoms with Gasteiger partial charge in [0.1, 0.15) is 11.5 Å². The van der Waals surface area contributed by atoms with Crippen LogP contribution in [0.1, 0.15) is 38.8 Å². The quantitative estimate of drug-likeness (QED) is 0.801. The Hall–Kier alpha value is -1.75. The van der Waals surface area contributed by atoms with Gasteiger partial charge in [0.05, 0.1) is 7.11 Å². The van der Waals surface area contributed by atoms with Gasteiger partial charge in [0.15, 0.2) is 6.10 Å². The van der Waals surface area contributed by atoms with E-state index < -0.39 is 6.10 Å². The lowest BCUT2D eigenvalue weighted by molar-refractivity contribution is -0.127. The number of rotatable bonds is 7. The summed E-state index contributed by atoms with van der Waals surface area (Å²) in [6.45, 7) is 6.23. The minimum atomic E-state index is -0.578. The fourth-order valence-electron chi connectivity index (χ4n) is 1.76. The molecule has 0 heterocycles. The van der Waals surface area contributed by atoms with Crippen molar-refractivity contribution >= 4 is 5.91 Å². The third-order valence-electron chi connectivity index (χ3n) is 2.93. The largest absolute Gasteiger partial charge is 0.497 e. The summed E-state index contributed by atoms with van der Waals surface area (Å²) in [5.41, 5.74) is 6.76. The lowest BCUT2D eigenvalue weighted by atomic mass is 10.1. The lowest BCUT2D eigenvalue weighted by Gasteiger charge is -2.19. The highest BCUT2D eigenvalue weighted by Crippen LogP contribution is 2.29. The number of hydrogen-bond acceptors (Lipinski definition) is 4. The van der Waals surface area contributed by atoms with E-state index in [-0.39, 0.29) is 11.9 Å². The van der Waals surface area contributed by atoms with Crippen LogP contribution in [0.25, 0.3) is 0 Å². The van der Waals surface area contributed by atoms with E-state index in [4.69, 9.17) is 15.2 Å². The maximum atomic E-state index is 11.8. The molecule has 1 unspecified atom stereocenters. The molecule has 20 heavy (non-hydrogen) atoms. The summed E-state index contributed by atoms with van der Waals surface area (Å²) in [7, 11) is 1.59. The van der Waals surface area contributed by atoms with Crippen LogP contribution in [0.2, 0.25) is 0 Å². The van der Waals surface area contributed by atoms with E-state index in [1.165, 1.54) is 0 Å². The molecule has 0 bridgehead atoms. The zero-order chi connectivity index (χ0) is 15.1. The number of methoxy groups -OCH3 is 1. The molecule has 5 nitrogen and oxygen atoms in total. The van der Waals surface area contributed by atoms with Crippen LogP contribution in [-0.4, -0.2) is 25.7 Å². The Kier molecular flexibility index (Phi) is 6.31. The maximum Gasteiger partial charge on any atom is 0.260 e. The summed E-state index contributed by atoms with van der Waals surface area (Å²) in [4.78, 5) is 11.8. The molecule has 2 atom stereocenters. The molecule has 0 saturated carbocycles. The average Bonchev–Trinajstić information content (AvgIpc) is 2.44. The lowest BCUT2D eigenvalue weighted by Crippen LogP contribution is -2.36. The minimum Gasteiger partial charge on any atom is -0.497 e.